The maximum Gasteiger partial charge on any atom is 0.258 e. The molecule has 0 aliphatic carbocycles. The van der Waals surface area contributed by atoms with E-state index in [1.165, 1.54) is 0 Å². The largest absolute Gasteiger partial charge is 0.508 e. The minimum Gasteiger partial charge on any atom is -0.508 e. The van der Waals surface area contributed by atoms with Crippen LogP contribution in [0.2, 0.25) is 0 Å². The number of hydrogen-bond donors (Lipinski definition) is 1. The molecule has 1 N–H and O–H groups in total. The van der Waals surface area contributed by atoms with Crippen molar-refractivity contribution in [3.63, 3.8) is 0 Å². The first-order valence-corrected chi connectivity index (χ1v) is 6.54. The van der Waals surface area contributed by atoms with E-state index in [9.17, 15) is 5.11 Å². The molecule has 0 radical (unpaired) electrons. The van der Waals surface area contributed by atoms with Crippen molar-refractivity contribution in [1.82, 2.24) is 10.1 Å². The van der Waals surface area contributed by atoms with Gasteiger partial charge in [0, 0.05) is 30.9 Å². The van der Waals surface area contributed by atoms with E-state index >= 15 is 0 Å². The van der Waals surface area contributed by atoms with Crippen molar-refractivity contribution < 1.29 is 9.63 Å². The van der Waals surface area contributed by atoms with E-state index in [0.29, 0.717) is 17.3 Å². The summed E-state index contributed by atoms with van der Waals surface area (Å²) in [4.78, 5) is 6.39. The zero-order valence-electron chi connectivity index (χ0n) is 11.8. The minimum absolute atomic E-state index is 0.174. The molecule has 5 heteroatoms. The molecule has 1 aromatic heterocycles. The number of hydrogen-bond acceptors (Lipinski definition) is 5. The van der Waals surface area contributed by atoms with Crippen LogP contribution >= 0.6 is 0 Å². The van der Waals surface area contributed by atoms with Crippen molar-refractivity contribution >= 4 is 5.69 Å². The van der Waals surface area contributed by atoms with Crippen molar-refractivity contribution in [3.8, 4) is 28.6 Å². The van der Waals surface area contributed by atoms with Gasteiger partial charge in [0.15, 0.2) is 0 Å². The van der Waals surface area contributed by atoms with Gasteiger partial charge in [-0.3, -0.25) is 0 Å². The number of anilines is 1. The van der Waals surface area contributed by atoms with Crippen LogP contribution in [0, 0.1) is 0 Å². The molecule has 0 aliphatic heterocycles. The Hall–Kier alpha value is -2.82. The van der Waals surface area contributed by atoms with Crippen LogP contribution in [-0.2, 0) is 0 Å². The lowest BCUT2D eigenvalue weighted by Gasteiger charge is -2.12. The van der Waals surface area contributed by atoms with Crippen molar-refractivity contribution in [2.45, 2.75) is 0 Å². The highest BCUT2D eigenvalue weighted by atomic mass is 16.5. The third kappa shape index (κ3) is 2.72. The van der Waals surface area contributed by atoms with Crippen LogP contribution in [0.1, 0.15) is 0 Å². The lowest BCUT2D eigenvalue weighted by atomic mass is 10.2. The summed E-state index contributed by atoms with van der Waals surface area (Å²) in [6.45, 7) is 0. The summed E-state index contributed by atoms with van der Waals surface area (Å²) in [5.41, 5.74) is 2.64. The molecule has 0 aliphatic rings. The maximum absolute atomic E-state index is 9.50. The molecule has 0 saturated heterocycles. The Balaban J connectivity index is 1.97. The second-order valence-electron chi connectivity index (χ2n) is 4.92. The molecule has 0 unspecified atom stereocenters. The number of aromatic hydroxyl groups is 1. The normalized spacial score (nSPS) is 10.6. The van der Waals surface area contributed by atoms with E-state index < -0.39 is 0 Å². The zero-order chi connectivity index (χ0) is 14.8. The van der Waals surface area contributed by atoms with Crippen LogP contribution in [0.5, 0.6) is 5.75 Å². The second kappa shape index (κ2) is 5.28. The summed E-state index contributed by atoms with van der Waals surface area (Å²) in [6, 6.07) is 14.6. The van der Waals surface area contributed by atoms with Gasteiger partial charge in [0.05, 0.1) is 0 Å². The summed E-state index contributed by atoms with van der Waals surface area (Å²) in [5, 5.41) is 13.5. The van der Waals surface area contributed by atoms with Gasteiger partial charge in [-0.2, -0.15) is 4.98 Å². The van der Waals surface area contributed by atoms with Crippen LogP contribution in [-0.4, -0.2) is 29.3 Å². The molecule has 1 heterocycles. The SMILES string of the molecule is CN(C)c1cccc(-c2nc(-c3cccc(O)c3)no2)c1. The van der Waals surface area contributed by atoms with Gasteiger partial charge in [0.2, 0.25) is 5.82 Å². The Morgan fingerprint density at radius 1 is 1.00 bits per heavy atom. The van der Waals surface area contributed by atoms with E-state index in [1.54, 1.807) is 18.2 Å². The Morgan fingerprint density at radius 3 is 2.52 bits per heavy atom. The van der Waals surface area contributed by atoms with Crippen molar-refractivity contribution in [3.05, 3.63) is 48.5 Å². The number of aromatic nitrogens is 2. The molecule has 0 bridgehead atoms. The molecular formula is C16H15N3O2. The topological polar surface area (TPSA) is 62.4 Å². The maximum atomic E-state index is 9.50. The molecule has 0 atom stereocenters. The molecule has 0 saturated carbocycles. The number of benzene rings is 2. The summed E-state index contributed by atoms with van der Waals surface area (Å²) in [6.07, 6.45) is 0. The molecular weight excluding hydrogens is 266 g/mol. The lowest BCUT2D eigenvalue weighted by molar-refractivity contribution is 0.432. The van der Waals surface area contributed by atoms with E-state index in [4.69, 9.17) is 4.52 Å². The average Bonchev–Trinajstić information content (AvgIpc) is 2.97. The average molecular weight is 281 g/mol. The highest BCUT2D eigenvalue weighted by molar-refractivity contribution is 5.64. The fraction of sp³-hybridized carbons (Fsp3) is 0.125. The lowest BCUT2D eigenvalue weighted by Crippen LogP contribution is -2.08. The van der Waals surface area contributed by atoms with Crippen LogP contribution < -0.4 is 4.90 Å². The highest BCUT2D eigenvalue weighted by Gasteiger charge is 2.11. The fourth-order valence-corrected chi connectivity index (χ4v) is 2.02. The van der Waals surface area contributed by atoms with Crippen LogP contribution in [0.3, 0.4) is 0 Å². The molecule has 21 heavy (non-hydrogen) atoms. The number of rotatable bonds is 3. The fourth-order valence-electron chi connectivity index (χ4n) is 2.02. The van der Waals surface area contributed by atoms with Gasteiger partial charge < -0.3 is 14.5 Å². The first-order valence-electron chi connectivity index (χ1n) is 6.54. The minimum atomic E-state index is 0.174. The molecule has 2 aromatic carbocycles. The Bertz CT molecular complexity index is 765. The molecule has 106 valence electrons. The molecule has 3 aromatic rings. The van der Waals surface area contributed by atoms with Gasteiger partial charge in [-0.05, 0) is 30.3 Å². The van der Waals surface area contributed by atoms with Crippen LogP contribution in [0.25, 0.3) is 22.8 Å². The van der Waals surface area contributed by atoms with E-state index in [0.717, 1.165) is 11.3 Å². The first kappa shape index (κ1) is 13.2. The zero-order valence-corrected chi connectivity index (χ0v) is 11.8. The smallest absolute Gasteiger partial charge is 0.258 e. The van der Waals surface area contributed by atoms with Gasteiger partial charge in [-0.1, -0.05) is 23.4 Å². The van der Waals surface area contributed by atoms with E-state index in [-0.39, 0.29) is 5.75 Å². The molecule has 0 fully saturated rings. The quantitative estimate of drug-likeness (QED) is 0.799. The summed E-state index contributed by atoms with van der Waals surface area (Å²) in [5.74, 6) is 1.08. The molecule has 0 amide bonds. The first-order chi connectivity index (χ1) is 10.1. The molecule has 0 spiro atoms. The summed E-state index contributed by atoms with van der Waals surface area (Å²) in [7, 11) is 3.95. The van der Waals surface area contributed by atoms with Gasteiger partial charge >= 0.3 is 0 Å². The molecule has 3 rings (SSSR count). The second-order valence-corrected chi connectivity index (χ2v) is 4.92. The van der Waals surface area contributed by atoms with E-state index in [2.05, 4.69) is 10.1 Å². The summed E-state index contributed by atoms with van der Waals surface area (Å²) < 4.78 is 5.32. The van der Waals surface area contributed by atoms with Crippen molar-refractivity contribution in [1.29, 1.82) is 0 Å². The Morgan fingerprint density at radius 2 is 1.76 bits per heavy atom. The van der Waals surface area contributed by atoms with Gasteiger partial charge in [-0.15, -0.1) is 0 Å². The Kier molecular flexibility index (Phi) is 3.31. The highest BCUT2D eigenvalue weighted by Crippen LogP contribution is 2.26. The predicted molar refractivity (Wildman–Crippen MR) is 81.2 cm³/mol. The number of phenols is 1. The van der Waals surface area contributed by atoms with Crippen LogP contribution in [0.15, 0.2) is 53.1 Å². The third-order valence-electron chi connectivity index (χ3n) is 3.14. The number of nitrogens with zero attached hydrogens (tertiary/aromatic N) is 3. The van der Waals surface area contributed by atoms with Gasteiger partial charge in [-0.25, -0.2) is 0 Å². The summed E-state index contributed by atoms with van der Waals surface area (Å²) >= 11 is 0. The number of phenolic OH excluding ortho intramolecular Hbond substituents is 1. The van der Waals surface area contributed by atoms with Crippen LogP contribution in [0.4, 0.5) is 5.69 Å². The van der Waals surface area contributed by atoms with Crippen molar-refractivity contribution in [2.75, 3.05) is 19.0 Å². The molecule has 5 nitrogen and oxygen atoms in total. The van der Waals surface area contributed by atoms with Gasteiger partial charge in [0.1, 0.15) is 5.75 Å². The Labute approximate surface area is 122 Å². The third-order valence-corrected chi connectivity index (χ3v) is 3.14. The standard InChI is InChI=1S/C16H15N3O2/c1-19(2)13-7-3-6-12(9-13)16-17-15(18-21-16)11-5-4-8-14(20)10-11/h3-10,20H,1-2H3. The van der Waals surface area contributed by atoms with E-state index in [1.807, 2.05) is 49.3 Å². The van der Waals surface area contributed by atoms with Crippen molar-refractivity contribution in [2.24, 2.45) is 0 Å². The predicted octanol–water partition coefficient (Wildman–Crippen LogP) is 3.18. The monoisotopic (exact) mass is 281 g/mol. The van der Waals surface area contributed by atoms with Gasteiger partial charge in [0.25, 0.3) is 5.89 Å².